The van der Waals surface area contributed by atoms with Crippen LogP contribution in [0.3, 0.4) is 0 Å². The van der Waals surface area contributed by atoms with Gasteiger partial charge in [0.25, 0.3) is 15.9 Å². The Morgan fingerprint density at radius 2 is 1.97 bits per heavy atom. The largest absolute Gasteiger partial charge is 0.484 e. The van der Waals surface area contributed by atoms with Crippen LogP contribution in [-0.2, 0) is 14.8 Å². The Kier molecular flexibility index (Phi) is 5.66. The minimum atomic E-state index is -3.60. The Hall–Kier alpha value is -3.37. The van der Waals surface area contributed by atoms with E-state index in [1.54, 1.807) is 66.9 Å². The molecule has 0 spiro atoms. The number of oxazole rings is 1. The summed E-state index contributed by atoms with van der Waals surface area (Å²) in [6.07, 6.45) is 0. The zero-order valence-electron chi connectivity index (χ0n) is 16.7. The first kappa shape index (κ1) is 20.9. The van der Waals surface area contributed by atoms with Crippen molar-refractivity contribution < 1.29 is 22.4 Å². The molecule has 2 aromatic heterocycles. The molecule has 0 fully saturated rings. The van der Waals surface area contributed by atoms with Crippen LogP contribution in [0.4, 0.5) is 11.4 Å². The zero-order chi connectivity index (χ0) is 22.0. The van der Waals surface area contributed by atoms with Crippen molar-refractivity contribution in [1.82, 2.24) is 4.98 Å². The maximum atomic E-state index is 12.6. The third-order valence-electron chi connectivity index (χ3n) is 4.46. The highest BCUT2D eigenvalue weighted by Crippen LogP contribution is 2.26. The van der Waals surface area contributed by atoms with Crippen LogP contribution in [0.1, 0.15) is 5.89 Å². The molecule has 0 saturated carbocycles. The normalized spacial score (nSPS) is 11.4. The minimum absolute atomic E-state index is 0.196. The van der Waals surface area contributed by atoms with Gasteiger partial charge in [0.1, 0.15) is 15.5 Å². The van der Waals surface area contributed by atoms with Crippen LogP contribution < -0.4 is 14.4 Å². The molecule has 4 rings (SSSR count). The first-order valence-electron chi connectivity index (χ1n) is 9.25. The SMILES string of the molecule is Cc1nc2cc(NC(=O)COc3ccc(N(C)S(=O)(=O)c4cccs4)cc3)ccc2o1. The average molecular weight is 458 g/mol. The molecule has 0 atom stereocenters. The number of nitrogens with one attached hydrogen (secondary N) is 1. The molecule has 2 heterocycles. The molecule has 31 heavy (non-hydrogen) atoms. The van der Waals surface area contributed by atoms with Gasteiger partial charge in [-0.2, -0.15) is 0 Å². The number of benzene rings is 2. The van der Waals surface area contributed by atoms with Gasteiger partial charge in [-0.1, -0.05) is 6.07 Å². The van der Waals surface area contributed by atoms with Gasteiger partial charge in [0.2, 0.25) is 0 Å². The number of rotatable bonds is 7. The lowest BCUT2D eigenvalue weighted by molar-refractivity contribution is -0.118. The number of carbonyl (C=O) groups is 1. The van der Waals surface area contributed by atoms with Gasteiger partial charge in [-0.3, -0.25) is 9.10 Å². The van der Waals surface area contributed by atoms with Gasteiger partial charge in [-0.25, -0.2) is 13.4 Å². The average Bonchev–Trinajstić information content (AvgIpc) is 3.41. The second-order valence-corrected chi connectivity index (χ2v) is 9.79. The minimum Gasteiger partial charge on any atom is -0.484 e. The highest BCUT2D eigenvalue weighted by molar-refractivity contribution is 7.94. The number of sulfonamides is 1. The fourth-order valence-corrected chi connectivity index (χ4v) is 5.26. The molecule has 1 N–H and O–H groups in total. The van der Waals surface area contributed by atoms with Gasteiger partial charge in [0.05, 0.1) is 5.69 Å². The van der Waals surface area contributed by atoms with Crippen LogP contribution in [0.2, 0.25) is 0 Å². The van der Waals surface area contributed by atoms with Crippen molar-refractivity contribution in [3.05, 3.63) is 65.9 Å². The topological polar surface area (TPSA) is 102 Å². The van der Waals surface area contributed by atoms with Crippen LogP contribution in [0.25, 0.3) is 11.1 Å². The molecule has 0 radical (unpaired) electrons. The van der Waals surface area contributed by atoms with Gasteiger partial charge in [0, 0.05) is 19.7 Å². The first-order chi connectivity index (χ1) is 14.8. The Balaban J connectivity index is 1.36. The number of carbonyl (C=O) groups excluding carboxylic acids is 1. The number of thiophene rings is 1. The molecule has 160 valence electrons. The van der Waals surface area contributed by atoms with E-state index in [0.717, 1.165) is 11.3 Å². The lowest BCUT2D eigenvalue weighted by Gasteiger charge is -2.18. The van der Waals surface area contributed by atoms with E-state index in [4.69, 9.17) is 9.15 Å². The van der Waals surface area contributed by atoms with Gasteiger partial charge in [-0.05, 0) is 53.9 Å². The molecule has 0 aliphatic heterocycles. The molecule has 0 bridgehead atoms. The molecule has 8 nitrogen and oxygen atoms in total. The summed E-state index contributed by atoms with van der Waals surface area (Å²) in [4.78, 5) is 16.4. The molecule has 0 aliphatic rings. The summed E-state index contributed by atoms with van der Waals surface area (Å²) in [5.41, 5.74) is 2.39. The van der Waals surface area contributed by atoms with Gasteiger partial charge in [-0.15, -0.1) is 11.3 Å². The molecule has 0 unspecified atom stereocenters. The predicted molar refractivity (Wildman–Crippen MR) is 119 cm³/mol. The summed E-state index contributed by atoms with van der Waals surface area (Å²) in [6, 6.07) is 14.9. The number of aryl methyl sites for hydroxylation is 1. The van der Waals surface area contributed by atoms with E-state index in [0.29, 0.717) is 34.1 Å². The summed E-state index contributed by atoms with van der Waals surface area (Å²) in [5, 5.41) is 4.46. The lowest BCUT2D eigenvalue weighted by atomic mass is 10.3. The van der Waals surface area contributed by atoms with E-state index >= 15 is 0 Å². The first-order valence-corrected chi connectivity index (χ1v) is 11.6. The molecular formula is C21H19N3O5S2. The molecule has 0 saturated heterocycles. The number of ether oxygens (including phenoxy) is 1. The van der Waals surface area contributed by atoms with E-state index in [1.165, 1.54) is 11.4 Å². The van der Waals surface area contributed by atoms with E-state index in [-0.39, 0.29) is 16.7 Å². The molecule has 10 heteroatoms. The van der Waals surface area contributed by atoms with Crippen molar-refractivity contribution in [2.45, 2.75) is 11.1 Å². The highest BCUT2D eigenvalue weighted by Gasteiger charge is 2.22. The number of hydrogen-bond acceptors (Lipinski definition) is 7. The van der Waals surface area contributed by atoms with Crippen molar-refractivity contribution >= 4 is 49.7 Å². The zero-order valence-corrected chi connectivity index (χ0v) is 18.4. The number of hydrogen-bond donors (Lipinski definition) is 1. The number of nitrogens with zero attached hydrogens (tertiary/aromatic N) is 2. The van der Waals surface area contributed by atoms with Gasteiger partial charge < -0.3 is 14.5 Å². The van der Waals surface area contributed by atoms with Crippen molar-refractivity contribution in [2.75, 3.05) is 23.3 Å². The summed E-state index contributed by atoms with van der Waals surface area (Å²) in [5.74, 6) is 0.670. The number of anilines is 2. The lowest BCUT2D eigenvalue weighted by Crippen LogP contribution is -2.25. The van der Waals surface area contributed by atoms with Crippen molar-refractivity contribution in [3.63, 3.8) is 0 Å². The van der Waals surface area contributed by atoms with Crippen molar-refractivity contribution in [2.24, 2.45) is 0 Å². The smallest absolute Gasteiger partial charge is 0.273 e. The van der Waals surface area contributed by atoms with Crippen molar-refractivity contribution in [1.29, 1.82) is 0 Å². The predicted octanol–water partition coefficient (Wildman–Crippen LogP) is 4.04. The van der Waals surface area contributed by atoms with E-state index in [2.05, 4.69) is 10.3 Å². The summed E-state index contributed by atoms with van der Waals surface area (Å²) in [7, 11) is -2.11. The molecular weight excluding hydrogens is 438 g/mol. The third kappa shape index (κ3) is 4.54. The monoisotopic (exact) mass is 457 g/mol. The number of amides is 1. The summed E-state index contributed by atoms with van der Waals surface area (Å²) in [6.45, 7) is 1.56. The molecule has 1 amide bonds. The standard InChI is InChI=1S/C21H19N3O5S2/c1-14-22-18-12-15(5-10-19(18)29-14)23-20(25)13-28-17-8-6-16(7-9-17)24(2)31(26,27)21-4-3-11-30-21/h3-12H,13H2,1-2H3,(H,23,25). The molecule has 0 aliphatic carbocycles. The molecule has 4 aromatic rings. The van der Waals surface area contributed by atoms with Gasteiger partial charge >= 0.3 is 0 Å². The fourth-order valence-electron chi connectivity index (χ4n) is 2.90. The Labute approximate surface area is 183 Å². The van der Waals surface area contributed by atoms with Crippen LogP contribution in [0, 0.1) is 6.92 Å². The Bertz CT molecular complexity index is 1310. The number of aromatic nitrogens is 1. The van der Waals surface area contributed by atoms with Crippen LogP contribution in [0.5, 0.6) is 5.75 Å². The quantitative estimate of drug-likeness (QED) is 0.449. The second kappa shape index (κ2) is 8.40. The maximum absolute atomic E-state index is 12.6. The van der Waals surface area contributed by atoms with E-state index in [9.17, 15) is 13.2 Å². The maximum Gasteiger partial charge on any atom is 0.273 e. The fraction of sp³-hybridized carbons (Fsp3) is 0.143. The van der Waals surface area contributed by atoms with Crippen LogP contribution in [-0.4, -0.2) is 33.0 Å². The van der Waals surface area contributed by atoms with Crippen LogP contribution in [0.15, 0.2) is 68.6 Å². The second-order valence-electron chi connectivity index (χ2n) is 6.65. The van der Waals surface area contributed by atoms with Crippen molar-refractivity contribution in [3.8, 4) is 5.75 Å². The third-order valence-corrected chi connectivity index (χ3v) is 7.62. The molecule has 2 aromatic carbocycles. The van der Waals surface area contributed by atoms with E-state index < -0.39 is 10.0 Å². The summed E-state index contributed by atoms with van der Waals surface area (Å²) >= 11 is 1.16. The Morgan fingerprint density at radius 3 is 2.68 bits per heavy atom. The van der Waals surface area contributed by atoms with E-state index in [1.807, 2.05) is 0 Å². The summed E-state index contributed by atoms with van der Waals surface area (Å²) < 4.78 is 37.6. The Morgan fingerprint density at radius 1 is 1.19 bits per heavy atom. The highest BCUT2D eigenvalue weighted by atomic mass is 32.2. The number of fused-ring (bicyclic) bond motifs is 1. The van der Waals surface area contributed by atoms with Crippen LogP contribution >= 0.6 is 11.3 Å². The van der Waals surface area contributed by atoms with Gasteiger partial charge in [0.15, 0.2) is 18.1 Å².